The van der Waals surface area contributed by atoms with Gasteiger partial charge in [-0.05, 0) is 44.8 Å². The largest absolute Gasteiger partial charge is 0.382 e. The lowest BCUT2D eigenvalue weighted by molar-refractivity contribution is 0.0698. The summed E-state index contributed by atoms with van der Waals surface area (Å²) in [5.74, 6) is 0.850. The van der Waals surface area contributed by atoms with Crippen molar-refractivity contribution in [3.8, 4) is 0 Å². The zero-order valence-corrected chi connectivity index (χ0v) is 17.2. The first-order valence-electron chi connectivity index (χ1n) is 10.1. The number of rotatable bonds is 11. The lowest BCUT2D eigenvalue weighted by Gasteiger charge is -2.29. The Morgan fingerprint density at radius 3 is 2.52 bits per heavy atom. The average Bonchev–Trinajstić information content (AvgIpc) is 3.21. The third-order valence-electron chi connectivity index (χ3n) is 4.92. The van der Waals surface area contributed by atoms with Crippen LogP contribution in [0.2, 0.25) is 0 Å². The molecule has 6 heteroatoms. The predicted molar refractivity (Wildman–Crippen MR) is 111 cm³/mol. The van der Waals surface area contributed by atoms with Crippen LogP contribution in [0.25, 0.3) is 0 Å². The summed E-state index contributed by atoms with van der Waals surface area (Å²) in [5.41, 5.74) is 2.68. The van der Waals surface area contributed by atoms with Crippen molar-refractivity contribution in [3.05, 3.63) is 35.4 Å². The molecular formula is C21H36N4O2. The highest BCUT2D eigenvalue weighted by atomic mass is 16.5. The molecule has 1 fully saturated rings. The molecule has 1 atom stereocenters. The van der Waals surface area contributed by atoms with Gasteiger partial charge in [0, 0.05) is 33.9 Å². The molecule has 1 aliphatic heterocycles. The van der Waals surface area contributed by atoms with E-state index in [-0.39, 0.29) is 0 Å². The third kappa shape index (κ3) is 7.87. The average molecular weight is 377 g/mol. The Labute approximate surface area is 164 Å². The fraction of sp³-hybridized carbons (Fsp3) is 0.667. The lowest BCUT2D eigenvalue weighted by atomic mass is 10.0. The second-order valence-electron chi connectivity index (χ2n) is 7.01. The lowest BCUT2D eigenvalue weighted by Crippen LogP contribution is -2.43. The smallest absolute Gasteiger partial charge is 0.191 e. The zero-order valence-electron chi connectivity index (χ0n) is 17.2. The van der Waals surface area contributed by atoms with Crippen molar-refractivity contribution in [2.45, 2.75) is 32.2 Å². The fourth-order valence-electron chi connectivity index (χ4n) is 3.34. The zero-order chi connectivity index (χ0) is 19.3. The maximum atomic E-state index is 5.49. The van der Waals surface area contributed by atoms with E-state index in [4.69, 9.17) is 9.47 Å². The summed E-state index contributed by atoms with van der Waals surface area (Å²) in [6.45, 7) is 8.20. The van der Waals surface area contributed by atoms with E-state index in [1.165, 1.54) is 37.1 Å². The molecule has 1 heterocycles. The molecule has 1 aliphatic rings. The number of ether oxygens (including phenoxy) is 2. The fourth-order valence-corrected chi connectivity index (χ4v) is 3.34. The summed E-state index contributed by atoms with van der Waals surface area (Å²) in [7, 11) is 3.51. The van der Waals surface area contributed by atoms with E-state index in [2.05, 4.69) is 51.7 Å². The first kappa shape index (κ1) is 21.7. The highest BCUT2D eigenvalue weighted by Crippen LogP contribution is 2.24. The Balaban J connectivity index is 1.79. The van der Waals surface area contributed by atoms with Gasteiger partial charge >= 0.3 is 0 Å². The number of aryl methyl sites for hydroxylation is 1. The van der Waals surface area contributed by atoms with Crippen LogP contribution in [0.4, 0.5) is 0 Å². The molecule has 0 bridgehead atoms. The van der Waals surface area contributed by atoms with E-state index in [0.717, 1.165) is 32.1 Å². The second kappa shape index (κ2) is 12.7. The van der Waals surface area contributed by atoms with Gasteiger partial charge in [-0.15, -0.1) is 0 Å². The highest BCUT2D eigenvalue weighted by molar-refractivity contribution is 5.79. The summed E-state index contributed by atoms with van der Waals surface area (Å²) in [6.07, 6.45) is 3.52. The molecule has 0 spiro atoms. The Morgan fingerprint density at radius 1 is 1.11 bits per heavy atom. The Bertz CT molecular complexity index is 542. The van der Waals surface area contributed by atoms with Crippen LogP contribution in [-0.4, -0.2) is 71.0 Å². The van der Waals surface area contributed by atoms with Crippen molar-refractivity contribution in [2.24, 2.45) is 4.99 Å². The molecular weight excluding hydrogens is 340 g/mol. The van der Waals surface area contributed by atoms with E-state index in [0.29, 0.717) is 19.3 Å². The third-order valence-corrected chi connectivity index (χ3v) is 4.92. The van der Waals surface area contributed by atoms with Crippen LogP contribution in [0.5, 0.6) is 0 Å². The van der Waals surface area contributed by atoms with Crippen molar-refractivity contribution < 1.29 is 9.47 Å². The van der Waals surface area contributed by atoms with Gasteiger partial charge in [0.05, 0.1) is 19.3 Å². The molecule has 27 heavy (non-hydrogen) atoms. The maximum absolute atomic E-state index is 5.49. The minimum absolute atomic E-state index is 0.379. The van der Waals surface area contributed by atoms with Gasteiger partial charge in [0.1, 0.15) is 0 Å². The molecule has 1 saturated heterocycles. The van der Waals surface area contributed by atoms with Crippen molar-refractivity contribution in [2.75, 3.05) is 60.2 Å². The van der Waals surface area contributed by atoms with Crippen LogP contribution in [0.1, 0.15) is 36.4 Å². The quantitative estimate of drug-likeness (QED) is 0.353. The minimum atomic E-state index is 0.379. The van der Waals surface area contributed by atoms with Crippen LogP contribution >= 0.6 is 0 Å². The summed E-state index contributed by atoms with van der Waals surface area (Å²) >= 11 is 0. The molecule has 2 N–H and O–H groups in total. The SMILES string of the molecule is CN=C(NCCCOCCOC)NCC(c1ccc(C)cc1)N1CCCC1. The van der Waals surface area contributed by atoms with E-state index in [1.54, 1.807) is 7.11 Å². The number of hydrogen-bond acceptors (Lipinski definition) is 4. The molecule has 0 amide bonds. The molecule has 1 aromatic rings. The van der Waals surface area contributed by atoms with Crippen LogP contribution in [0.15, 0.2) is 29.3 Å². The van der Waals surface area contributed by atoms with Gasteiger partial charge in [-0.25, -0.2) is 0 Å². The molecule has 2 rings (SSSR count). The van der Waals surface area contributed by atoms with Gasteiger partial charge in [-0.3, -0.25) is 9.89 Å². The number of likely N-dealkylation sites (tertiary alicyclic amines) is 1. The van der Waals surface area contributed by atoms with Crippen LogP contribution < -0.4 is 10.6 Å². The molecule has 0 aromatic heterocycles. The minimum Gasteiger partial charge on any atom is -0.382 e. The van der Waals surface area contributed by atoms with Gasteiger partial charge in [0.2, 0.25) is 0 Å². The standard InChI is InChI=1S/C21H36N4O2/c1-18-7-9-19(10-8-18)20(25-12-4-5-13-25)17-24-21(22-2)23-11-6-14-27-16-15-26-3/h7-10,20H,4-6,11-17H2,1-3H3,(H2,22,23,24). The Hall–Kier alpha value is -1.63. The number of hydrogen-bond donors (Lipinski definition) is 2. The van der Waals surface area contributed by atoms with Gasteiger partial charge < -0.3 is 20.1 Å². The van der Waals surface area contributed by atoms with E-state index < -0.39 is 0 Å². The van der Waals surface area contributed by atoms with Gasteiger partial charge in [0.15, 0.2) is 5.96 Å². The monoisotopic (exact) mass is 376 g/mol. The van der Waals surface area contributed by atoms with E-state index >= 15 is 0 Å². The summed E-state index contributed by atoms with van der Waals surface area (Å²) in [4.78, 5) is 6.93. The Morgan fingerprint density at radius 2 is 1.85 bits per heavy atom. The number of aliphatic imine (C=N–C) groups is 1. The number of benzene rings is 1. The van der Waals surface area contributed by atoms with E-state index in [9.17, 15) is 0 Å². The number of nitrogens with zero attached hydrogens (tertiary/aromatic N) is 2. The predicted octanol–water partition coefficient (Wildman–Crippen LogP) is 2.35. The molecule has 6 nitrogen and oxygen atoms in total. The van der Waals surface area contributed by atoms with Gasteiger partial charge in [-0.1, -0.05) is 29.8 Å². The topological polar surface area (TPSA) is 58.1 Å². The van der Waals surface area contributed by atoms with Gasteiger partial charge in [-0.2, -0.15) is 0 Å². The summed E-state index contributed by atoms with van der Waals surface area (Å²) in [6, 6.07) is 9.30. The molecule has 0 aliphatic carbocycles. The number of nitrogens with one attached hydrogen (secondary N) is 2. The Kier molecular flexibility index (Phi) is 10.2. The first-order chi connectivity index (χ1) is 13.2. The van der Waals surface area contributed by atoms with Gasteiger partial charge in [0.25, 0.3) is 0 Å². The van der Waals surface area contributed by atoms with Crippen LogP contribution in [-0.2, 0) is 9.47 Å². The van der Waals surface area contributed by atoms with E-state index in [1.807, 2.05) is 7.05 Å². The molecule has 0 saturated carbocycles. The second-order valence-corrected chi connectivity index (χ2v) is 7.01. The number of methoxy groups -OCH3 is 1. The molecule has 0 radical (unpaired) electrons. The first-order valence-corrected chi connectivity index (χ1v) is 10.1. The molecule has 1 aromatic carbocycles. The summed E-state index contributed by atoms with van der Waals surface area (Å²) in [5, 5.41) is 6.88. The van der Waals surface area contributed by atoms with Crippen molar-refractivity contribution in [1.82, 2.24) is 15.5 Å². The van der Waals surface area contributed by atoms with Crippen LogP contribution in [0.3, 0.4) is 0 Å². The van der Waals surface area contributed by atoms with Crippen molar-refractivity contribution in [1.29, 1.82) is 0 Å². The van der Waals surface area contributed by atoms with Crippen molar-refractivity contribution >= 4 is 5.96 Å². The van der Waals surface area contributed by atoms with Crippen molar-refractivity contribution in [3.63, 3.8) is 0 Å². The summed E-state index contributed by atoms with van der Waals surface area (Å²) < 4.78 is 10.5. The van der Waals surface area contributed by atoms with Crippen LogP contribution in [0, 0.1) is 6.92 Å². The molecule has 152 valence electrons. The highest BCUT2D eigenvalue weighted by Gasteiger charge is 2.23. The normalized spacial score (nSPS) is 16.5. The molecule has 1 unspecified atom stereocenters. The maximum Gasteiger partial charge on any atom is 0.191 e. The number of guanidine groups is 1.